The van der Waals surface area contributed by atoms with Crippen LogP contribution in [-0.4, -0.2) is 54.6 Å². The van der Waals surface area contributed by atoms with Crippen molar-refractivity contribution in [3.8, 4) is 0 Å². The molecule has 1 N–H and O–H groups in total. The van der Waals surface area contributed by atoms with Crippen LogP contribution in [0.4, 0.5) is 16.2 Å². The number of rotatable bonds is 4. The number of carbonyl (C=O) groups excluding carboxylic acids is 2. The second-order valence-electron chi connectivity index (χ2n) is 5.31. The van der Waals surface area contributed by atoms with Crippen molar-refractivity contribution in [1.82, 2.24) is 0 Å². The second-order valence-corrected chi connectivity index (χ2v) is 5.50. The fourth-order valence-electron chi connectivity index (χ4n) is 2.87. The van der Waals surface area contributed by atoms with E-state index in [2.05, 4.69) is 22.4 Å². The lowest BCUT2D eigenvalue weighted by Crippen LogP contribution is -2.31. The molecule has 0 aromatic heterocycles. The van der Waals surface area contributed by atoms with Crippen molar-refractivity contribution in [2.24, 2.45) is 4.99 Å². The Balaban J connectivity index is 1.79. The molecule has 2 aliphatic heterocycles. The van der Waals surface area contributed by atoms with Gasteiger partial charge in [0.1, 0.15) is 12.7 Å². The van der Waals surface area contributed by atoms with Crippen molar-refractivity contribution < 1.29 is 19.4 Å². The number of aliphatic hydroxyl groups excluding tert-OH is 1. The molecule has 1 aromatic carbocycles. The summed E-state index contributed by atoms with van der Waals surface area (Å²) in [6.07, 6.45) is -0.0642. The number of hydrogen-bond acceptors (Lipinski definition) is 6. The molecule has 1 aromatic rings. The van der Waals surface area contributed by atoms with E-state index < -0.39 is 12.7 Å². The summed E-state index contributed by atoms with van der Waals surface area (Å²) in [6.45, 7) is 0.725. The molecule has 1 saturated heterocycles. The van der Waals surface area contributed by atoms with E-state index in [0.29, 0.717) is 26.1 Å². The van der Waals surface area contributed by atoms with Gasteiger partial charge in [0.15, 0.2) is 0 Å². The maximum Gasteiger partial charge on any atom is 0.414 e. The van der Waals surface area contributed by atoms with Crippen LogP contribution in [-0.2, 0) is 16.0 Å². The number of amides is 2. The molecule has 23 heavy (non-hydrogen) atoms. The fraction of sp³-hybridized carbons (Fsp3) is 0.400. The normalized spacial score (nSPS) is 19.3. The van der Waals surface area contributed by atoms with Gasteiger partial charge in [-0.3, -0.25) is 9.69 Å². The first-order valence-electron chi connectivity index (χ1n) is 7.20. The summed E-state index contributed by atoms with van der Waals surface area (Å²) < 4.78 is 5.24. The van der Waals surface area contributed by atoms with Gasteiger partial charge in [-0.15, -0.1) is 0 Å². The molecule has 2 amide bonds. The SMILES string of the molecule is O=C1O[C@@H](CN=C=S)CN1c1ccc2c(c1)CCN2C(=O)CO. The summed E-state index contributed by atoms with van der Waals surface area (Å²) in [4.78, 5) is 30.6. The number of fused-ring (bicyclic) bond motifs is 1. The third-order valence-corrected chi connectivity index (χ3v) is 4.07. The number of ether oxygens (including phenoxy) is 1. The molecule has 2 heterocycles. The number of cyclic esters (lactones) is 1. The highest BCUT2D eigenvalue weighted by Crippen LogP contribution is 2.33. The van der Waals surface area contributed by atoms with Gasteiger partial charge in [-0.1, -0.05) is 0 Å². The number of isothiocyanates is 1. The number of carbonyl (C=O) groups is 2. The Labute approximate surface area is 138 Å². The minimum atomic E-state index is -0.512. The Kier molecular flexibility index (Phi) is 4.38. The molecule has 0 aliphatic carbocycles. The van der Waals surface area contributed by atoms with Crippen LogP contribution in [0.15, 0.2) is 23.2 Å². The highest BCUT2D eigenvalue weighted by molar-refractivity contribution is 7.78. The van der Waals surface area contributed by atoms with Gasteiger partial charge in [-0.05, 0) is 42.4 Å². The second kappa shape index (κ2) is 6.45. The highest BCUT2D eigenvalue weighted by Gasteiger charge is 2.33. The molecule has 0 radical (unpaired) electrons. The molecule has 2 aliphatic rings. The molecule has 3 rings (SSSR count). The summed E-state index contributed by atoms with van der Waals surface area (Å²) in [5, 5.41) is 11.3. The van der Waals surface area contributed by atoms with E-state index in [-0.39, 0.29) is 12.0 Å². The van der Waals surface area contributed by atoms with Crippen LogP contribution >= 0.6 is 12.2 Å². The number of nitrogens with zero attached hydrogens (tertiary/aromatic N) is 3. The average Bonchev–Trinajstić information content (AvgIpc) is 3.14. The van der Waals surface area contributed by atoms with E-state index in [4.69, 9.17) is 9.84 Å². The first-order chi connectivity index (χ1) is 11.1. The first kappa shape index (κ1) is 15.6. The van der Waals surface area contributed by atoms with Crippen LogP contribution < -0.4 is 9.80 Å². The average molecular weight is 333 g/mol. The Bertz CT molecular complexity index is 702. The standard InChI is InChI=1S/C15H15N3O4S/c19-8-14(20)17-4-3-10-5-11(1-2-13(10)17)18-7-12(6-16-9-23)22-15(18)21/h1-2,5,12,19H,3-4,6-8H2/t12-/m0/s1. The van der Waals surface area contributed by atoms with Crippen molar-refractivity contribution in [3.63, 3.8) is 0 Å². The maximum absolute atomic E-state index is 12.0. The Morgan fingerprint density at radius 2 is 2.35 bits per heavy atom. The van der Waals surface area contributed by atoms with Gasteiger partial charge in [0.2, 0.25) is 0 Å². The molecule has 0 saturated carbocycles. The monoisotopic (exact) mass is 333 g/mol. The van der Waals surface area contributed by atoms with Crippen molar-refractivity contribution in [3.05, 3.63) is 23.8 Å². The lowest BCUT2D eigenvalue weighted by atomic mass is 10.1. The minimum Gasteiger partial charge on any atom is -0.442 e. The van der Waals surface area contributed by atoms with Crippen LogP contribution in [0.2, 0.25) is 0 Å². The number of aliphatic imine (C=N–C) groups is 1. The van der Waals surface area contributed by atoms with Crippen LogP contribution in [0.1, 0.15) is 5.56 Å². The maximum atomic E-state index is 12.0. The first-order valence-corrected chi connectivity index (χ1v) is 7.61. The number of benzene rings is 1. The summed E-state index contributed by atoms with van der Waals surface area (Å²) in [7, 11) is 0. The van der Waals surface area contributed by atoms with Gasteiger partial charge >= 0.3 is 6.09 Å². The predicted octanol–water partition coefficient (Wildman–Crippen LogP) is 0.996. The topological polar surface area (TPSA) is 82.4 Å². The summed E-state index contributed by atoms with van der Waals surface area (Å²) in [5.41, 5.74) is 2.47. The Morgan fingerprint density at radius 1 is 1.52 bits per heavy atom. The Hall–Kier alpha value is -2.28. The van der Waals surface area contributed by atoms with Gasteiger partial charge in [-0.2, -0.15) is 0 Å². The molecule has 8 heteroatoms. The van der Waals surface area contributed by atoms with Crippen LogP contribution in [0.3, 0.4) is 0 Å². The van der Waals surface area contributed by atoms with Gasteiger partial charge in [0.05, 0.1) is 18.3 Å². The largest absolute Gasteiger partial charge is 0.442 e. The zero-order valence-corrected chi connectivity index (χ0v) is 13.1. The number of aliphatic hydroxyl groups is 1. The van der Waals surface area contributed by atoms with Crippen molar-refractivity contribution in [2.45, 2.75) is 12.5 Å². The van der Waals surface area contributed by atoms with Gasteiger partial charge in [0, 0.05) is 17.9 Å². The van der Waals surface area contributed by atoms with E-state index >= 15 is 0 Å². The molecule has 1 atom stereocenters. The van der Waals surface area contributed by atoms with Crippen molar-refractivity contribution >= 4 is 40.8 Å². The Morgan fingerprint density at radius 3 is 3.09 bits per heavy atom. The third kappa shape index (κ3) is 2.96. The van der Waals surface area contributed by atoms with E-state index in [1.807, 2.05) is 6.07 Å². The molecule has 0 unspecified atom stereocenters. The fourth-order valence-corrected chi connectivity index (χ4v) is 2.94. The molecular weight excluding hydrogens is 318 g/mol. The zero-order valence-electron chi connectivity index (χ0n) is 12.3. The quantitative estimate of drug-likeness (QED) is 0.656. The van der Waals surface area contributed by atoms with E-state index in [0.717, 1.165) is 16.9 Å². The predicted molar refractivity (Wildman–Crippen MR) is 87.1 cm³/mol. The molecule has 120 valence electrons. The van der Waals surface area contributed by atoms with Gasteiger partial charge in [0.25, 0.3) is 5.91 Å². The van der Waals surface area contributed by atoms with E-state index in [1.54, 1.807) is 21.9 Å². The summed E-state index contributed by atoms with van der Waals surface area (Å²) in [5.74, 6) is -0.324. The summed E-state index contributed by atoms with van der Waals surface area (Å²) >= 11 is 4.51. The molecule has 0 bridgehead atoms. The van der Waals surface area contributed by atoms with Crippen LogP contribution in [0, 0.1) is 0 Å². The van der Waals surface area contributed by atoms with Gasteiger partial charge < -0.3 is 14.7 Å². The third-order valence-electron chi connectivity index (χ3n) is 3.94. The van der Waals surface area contributed by atoms with Crippen molar-refractivity contribution in [2.75, 3.05) is 36.0 Å². The molecule has 7 nitrogen and oxygen atoms in total. The van der Waals surface area contributed by atoms with Crippen LogP contribution in [0.25, 0.3) is 0 Å². The number of hydrogen-bond donors (Lipinski definition) is 1. The minimum absolute atomic E-state index is 0.301. The zero-order chi connectivity index (χ0) is 16.4. The smallest absolute Gasteiger partial charge is 0.414 e. The number of anilines is 2. The summed E-state index contributed by atoms with van der Waals surface area (Å²) in [6, 6.07) is 5.45. The lowest BCUT2D eigenvalue weighted by molar-refractivity contribution is -0.121. The number of thiocarbonyl (C=S) groups is 1. The van der Waals surface area contributed by atoms with Gasteiger partial charge in [-0.25, -0.2) is 9.79 Å². The van der Waals surface area contributed by atoms with E-state index in [1.165, 1.54) is 0 Å². The molecular formula is C15H15N3O4S. The molecule has 0 spiro atoms. The van der Waals surface area contributed by atoms with Crippen molar-refractivity contribution in [1.29, 1.82) is 0 Å². The van der Waals surface area contributed by atoms with E-state index in [9.17, 15) is 9.59 Å². The highest BCUT2D eigenvalue weighted by atomic mass is 32.1. The molecule has 1 fully saturated rings. The lowest BCUT2D eigenvalue weighted by Gasteiger charge is -2.18. The van der Waals surface area contributed by atoms with Crippen LogP contribution in [0.5, 0.6) is 0 Å².